The van der Waals surface area contributed by atoms with Crippen molar-refractivity contribution in [2.24, 2.45) is 5.41 Å². The van der Waals surface area contributed by atoms with Gasteiger partial charge in [0.2, 0.25) is 0 Å². The molecule has 0 bridgehead atoms. The summed E-state index contributed by atoms with van der Waals surface area (Å²) in [7, 11) is -1.45. The number of rotatable bonds is 5. The molecule has 0 aliphatic carbocycles. The van der Waals surface area contributed by atoms with Crippen molar-refractivity contribution in [1.29, 1.82) is 0 Å². The van der Waals surface area contributed by atoms with Crippen molar-refractivity contribution in [3.05, 3.63) is 120 Å². The van der Waals surface area contributed by atoms with E-state index in [2.05, 4.69) is 69.7 Å². The fourth-order valence-electron chi connectivity index (χ4n) is 5.52. The first kappa shape index (κ1) is 31.9. The van der Waals surface area contributed by atoms with Crippen molar-refractivity contribution in [2.75, 3.05) is 0 Å². The number of hydrogen-bond donors (Lipinski definition) is 0. The maximum atomic E-state index is 8.70. The molecule has 0 saturated heterocycles. The summed E-state index contributed by atoms with van der Waals surface area (Å²) in [4.78, 5) is 15.2. The minimum Gasteiger partial charge on any atom is -0.501 e. The molecule has 4 nitrogen and oxygen atoms in total. The third kappa shape index (κ3) is 8.84. The Balaban J connectivity index is 0.000000214. The molecular formula is C44H47IrN3OSSi-2. The van der Waals surface area contributed by atoms with Gasteiger partial charge < -0.3 is 14.4 Å². The van der Waals surface area contributed by atoms with Crippen LogP contribution >= 0.6 is 11.3 Å². The van der Waals surface area contributed by atoms with Crippen LogP contribution in [0.4, 0.5) is 0 Å². The van der Waals surface area contributed by atoms with Gasteiger partial charge in [-0.2, -0.15) is 0 Å². The predicted octanol–water partition coefficient (Wildman–Crippen LogP) is 11.9. The Hall–Kier alpha value is -3.74. The number of aryl methyl sites for hydroxylation is 1. The summed E-state index contributed by atoms with van der Waals surface area (Å²) < 4.78 is 47.1. The summed E-state index contributed by atoms with van der Waals surface area (Å²) in [6.45, 7) is 16.5. The van der Waals surface area contributed by atoms with E-state index in [0.29, 0.717) is 16.8 Å². The van der Waals surface area contributed by atoms with Gasteiger partial charge in [-0.3, -0.25) is 0 Å². The molecule has 7 heteroatoms. The number of fused-ring (bicyclic) bond motifs is 3. The van der Waals surface area contributed by atoms with E-state index in [4.69, 9.17) is 21.2 Å². The van der Waals surface area contributed by atoms with Gasteiger partial charge in [0.1, 0.15) is 10.6 Å². The van der Waals surface area contributed by atoms with E-state index in [9.17, 15) is 0 Å². The van der Waals surface area contributed by atoms with Crippen molar-refractivity contribution in [1.82, 2.24) is 15.0 Å². The SMILES string of the molecule is CC(C)(C)c1cnc(-c2cc([Si](C)(C)C)cnc2-c2[c-]cccc2)s1.[2H]C([2H])([2H])c1cnc(-c2[c-]ccc3c2oc2ccccc23)cc1C([2H])([2H])C(C)(C)C.[Ir]. The normalized spacial score (nSPS) is 14.0. The van der Waals surface area contributed by atoms with Gasteiger partial charge in [0.25, 0.3) is 0 Å². The smallest absolute Gasteiger partial charge is 0.120 e. The summed E-state index contributed by atoms with van der Waals surface area (Å²) in [6, 6.07) is 29.7. The summed E-state index contributed by atoms with van der Waals surface area (Å²) in [5.41, 5.74) is 4.77. The Morgan fingerprint density at radius 2 is 1.61 bits per heavy atom. The monoisotopic (exact) mass is 891 g/mol. The van der Waals surface area contributed by atoms with E-state index < -0.39 is 26.7 Å². The number of para-hydroxylation sites is 1. The average molecular weight is 891 g/mol. The first-order valence-corrected chi connectivity index (χ1v) is 21.2. The van der Waals surface area contributed by atoms with E-state index >= 15 is 0 Å². The zero-order valence-corrected chi connectivity index (χ0v) is 34.9. The molecule has 4 aromatic heterocycles. The van der Waals surface area contributed by atoms with Crippen LogP contribution in [0, 0.1) is 24.4 Å². The van der Waals surface area contributed by atoms with E-state index in [0.717, 1.165) is 38.2 Å². The first-order chi connectivity index (χ1) is 25.6. The molecule has 265 valence electrons. The average Bonchev–Trinajstić information content (AvgIpc) is 3.77. The van der Waals surface area contributed by atoms with Gasteiger partial charge in [-0.1, -0.05) is 108 Å². The van der Waals surface area contributed by atoms with Crippen LogP contribution in [0.2, 0.25) is 19.6 Å². The Morgan fingerprint density at radius 3 is 2.27 bits per heavy atom. The Labute approximate surface area is 329 Å². The van der Waals surface area contributed by atoms with Gasteiger partial charge in [0.15, 0.2) is 0 Å². The van der Waals surface area contributed by atoms with Gasteiger partial charge in [-0.25, -0.2) is 4.98 Å². The van der Waals surface area contributed by atoms with Crippen LogP contribution in [0.15, 0.2) is 95.8 Å². The topological polar surface area (TPSA) is 51.8 Å². The number of aromatic nitrogens is 3. The molecule has 0 N–H and O–H groups in total. The molecule has 51 heavy (non-hydrogen) atoms. The maximum absolute atomic E-state index is 8.70. The fraction of sp³-hybridized carbons (Fsp3) is 0.295. The molecule has 0 unspecified atom stereocenters. The van der Waals surface area contributed by atoms with E-state index in [1.807, 2.05) is 60.9 Å². The molecular weight excluding hydrogens is 839 g/mol. The summed E-state index contributed by atoms with van der Waals surface area (Å²) in [5.74, 6) is 0. The van der Waals surface area contributed by atoms with Crippen molar-refractivity contribution in [3.8, 4) is 33.1 Å². The third-order valence-corrected chi connectivity index (χ3v) is 11.7. The minimum absolute atomic E-state index is 0. The third-order valence-electron chi connectivity index (χ3n) is 8.20. The van der Waals surface area contributed by atoms with Crippen LogP contribution in [0.1, 0.15) is 64.4 Å². The number of thiazole rings is 1. The standard InChI is InChI=1S/C23H22NO.C21H25N2SSi.Ir/c1-15-14-24-20(12-16(15)13-23(2,3)4)19-10-7-9-18-17-8-5-6-11-21(17)25-22(18)19;1-21(2,3)18-14-23-20(24-18)17-12-16(25(4,5)6)13-22-19(17)15-10-8-7-9-11-15;/h5-9,11-12,14H,13H2,1-4H3;7-10,12-14H,1-6H3;/q2*-1;/i1D3,13D2;;. The van der Waals surface area contributed by atoms with Crippen molar-refractivity contribution in [2.45, 2.75) is 79.8 Å². The number of nitrogens with zero attached hydrogens (tertiary/aromatic N) is 3. The molecule has 0 amide bonds. The molecule has 0 aliphatic rings. The van der Waals surface area contributed by atoms with Gasteiger partial charge in [-0.15, -0.1) is 65.4 Å². The zero-order valence-electron chi connectivity index (χ0n) is 35.7. The Kier molecular flexibility index (Phi) is 9.45. The molecule has 7 aromatic rings. The first-order valence-electron chi connectivity index (χ1n) is 19.3. The molecule has 0 fully saturated rings. The number of hydrogen-bond acceptors (Lipinski definition) is 5. The Bertz CT molecular complexity index is 2480. The minimum atomic E-state index is -2.48. The molecule has 0 aliphatic heterocycles. The Morgan fingerprint density at radius 1 is 0.843 bits per heavy atom. The molecule has 0 spiro atoms. The van der Waals surface area contributed by atoms with Crippen LogP contribution in [-0.2, 0) is 31.9 Å². The van der Waals surface area contributed by atoms with Gasteiger partial charge in [-0.05, 0) is 57.8 Å². The summed E-state index contributed by atoms with van der Waals surface area (Å²) in [6.07, 6.45) is 3.43. The molecule has 0 atom stereocenters. The van der Waals surface area contributed by atoms with Crippen molar-refractivity contribution >= 4 is 46.5 Å². The molecule has 4 heterocycles. The second-order valence-corrected chi connectivity index (χ2v) is 21.7. The van der Waals surface area contributed by atoms with Crippen molar-refractivity contribution in [3.63, 3.8) is 0 Å². The summed E-state index contributed by atoms with van der Waals surface area (Å²) in [5, 5.41) is 4.27. The fourth-order valence-corrected chi connectivity index (χ4v) is 7.54. The number of furan rings is 1. The maximum Gasteiger partial charge on any atom is 0.120 e. The van der Waals surface area contributed by atoms with Crippen LogP contribution in [-0.4, -0.2) is 23.0 Å². The van der Waals surface area contributed by atoms with Crippen LogP contribution in [0.25, 0.3) is 55.0 Å². The van der Waals surface area contributed by atoms with Gasteiger partial charge >= 0.3 is 0 Å². The molecule has 3 aromatic carbocycles. The van der Waals surface area contributed by atoms with Gasteiger partial charge in [0.05, 0.1) is 13.7 Å². The van der Waals surface area contributed by atoms with Crippen LogP contribution in [0.3, 0.4) is 0 Å². The van der Waals surface area contributed by atoms with Crippen LogP contribution in [0.5, 0.6) is 0 Å². The second-order valence-electron chi connectivity index (χ2n) is 15.6. The molecule has 0 saturated carbocycles. The van der Waals surface area contributed by atoms with E-state index in [-0.39, 0.29) is 36.6 Å². The quantitative estimate of drug-likeness (QED) is 0.128. The predicted molar refractivity (Wildman–Crippen MR) is 215 cm³/mol. The van der Waals surface area contributed by atoms with Crippen LogP contribution < -0.4 is 5.19 Å². The number of pyridine rings is 2. The zero-order chi connectivity index (χ0) is 40.1. The largest absolute Gasteiger partial charge is 0.501 e. The second kappa shape index (κ2) is 15.1. The van der Waals surface area contributed by atoms with E-state index in [1.165, 1.54) is 22.3 Å². The summed E-state index contributed by atoms with van der Waals surface area (Å²) >= 11 is 1.77. The number of benzene rings is 3. The van der Waals surface area contributed by atoms with E-state index in [1.54, 1.807) is 38.2 Å². The van der Waals surface area contributed by atoms with Gasteiger partial charge in [0, 0.05) is 55.8 Å². The van der Waals surface area contributed by atoms with Crippen molar-refractivity contribution < 1.29 is 31.4 Å². The molecule has 1 radical (unpaired) electrons. The molecule has 7 rings (SSSR count).